The van der Waals surface area contributed by atoms with Crippen molar-refractivity contribution in [2.75, 3.05) is 27.2 Å². The summed E-state index contributed by atoms with van der Waals surface area (Å²) in [6, 6.07) is 8.15. The summed E-state index contributed by atoms with van der Waals surface area (Å²) in [6.07, 6.45) is 3.52. The van der Waals surface area contributed by atoms with Crippen molar-refractivity contribution in [2.45, 2.75) is 18.6 Å². The van der Waals surface area contributed by atoms with Gasteiger partial charge in [-0.15, -0.1) is 0 Å². The van der Waals surface area contributed by atoms with Crippen molar-refractivity contribution in [1.82, 2.24) is 18.2 Å². The van der Waals surface area contributed by atoms with Crippen LogP contribution in [0.15, 0.2) is 36.8 Å². The number of aliphatic hydroxyl groups is 1. The maximum Gasteiger partial charge on any atom is 0.281 e. The number of nitrogens with zero attached hydrogens (tertiary/aromatic N) is 4. The Kier molecular flexibility index (Phi) is 3.95. The Labute approximate surface area is 147 Å². The maximum absolute atomic E-state index is 12.3. The van der Waals surface area contributed by atoms with Gasteiger partial charge >= 0.3 is 0 Å². The molecule has 2 aromatic rings. The van der Waals surface area contributed by atoms with Gasteiger partial charge in [0.1, 0.15) is 0 Å². The number of piperidine rings is 1. The second-order valence-electron chi connectivity index (χ2n) is 6.89. The van der Waals surface area contributed by atoms with E-state index in [1.165, 1.54) is 28.3 Å². The van der Waals surface area contributed by atoms with E-state index in [1.54, 1.807) is 6.33 Å². The molecule has 0 radical (unpaired) electrons. The molecule has 1 unspecified atom stereocenters. The first-order valence-electron chi connectivity index (χ1n) is 8.38. The lowest BCUT2D eigenvalue weighted by atomic mass is 9.84. The number of rotatable bonds is 3. The van der Waals surface area contributed by atoms with Gasteiger partial charge in [-0.05, 0) is 12.0 Å². The topological polar surface area (TPSA) is 78.7 Å². The summed E-state index contributed by atoms with van der Waals surface area (Å²) in [6.45, 7) is 0.527. The van der Waals surface area contributed by atoms with Gasteiger partial charge in [0.15, 0.2) is 0 Å². The lowest BCUT2D eigenvalue weighted by Crippen LogP contribution is -2.51. The highest BCUT2D eigenvalue weighted by Crippen LogP contribution is 2.45. The van der Waals surface area contributed by atoms with Crippen molar-refractivity contribution in [3.05, 3.63) is 42.4 Å². The van der Waals surface area contributed by atoms with Gasteiger partial charge in [0, 0.05) is 38.7 Å². The fourth-order valence-electron chi connectivity index (χ4n) is 4.04. The van der Waals surface area contributed by atoms with Crippen LogP contribution in [0.5, 0.6) is 0 Å². The van der Waals surface area contributed by atoms with E-state index in [4.69, 9.17) is 0 Å². The van der Waals surface area contributed by atoms with Crippen LogP contribution in [-0.2, 0) is 10.2 Å². The van der Waals surface area contributed by atoms with Crippen LogP contribution in [0.1, 0.15) is 18.0 Å². The predicted molar refractivity (Wildman–Crippen MR) is 94.1 cm³/mol. The SMILES string of the molecule is CN(C)S(=O)(=O)N1CC[C@H](C2c3ccccc3-c3cncn32)[C@@H](O)C1. The number of fused-ring (bicyclic) bond motifs is 3. The van der Waals surface area contributed by atoms with Gasteiger partial charge < -0.3 is 9.67 Å². The Morgan fingerprint density at radius 1 is 1.28 bits per heavy atom. The quantitative estimate of drug-likeness (QED) is 0.881. The maximum atomic E-state index is 12.3. The second kappa shape index (κ2) is 5.91. The molecule has 2 aliphatic rings. The summed E-state index contributed by atoms with van der Waals surface area (Å²) in [4.78, 5) is 4.26. The number of hydrogen-bond acceptors (Lipinski definition) is 4. The van der Waals surface area contributed by atoms with Crippen molar-refractivity contribution in [1.29, 1.82) is 0 Å². The Balaban J connectivity index is 1.65. The van der Waals surface area contributed by atoms with Gasteiger partial charge in [-0.3, -0.25) is 0 Å². The molecule has 8 heteroatoms. The molecular weight excluding hydrogens is 340 g/mol. The molecule has 134 valence electrons. The average molecular weight is 362 g/mol. The van der Waals surface area contributed by atoms with Crippen LogP contribution >= 0.6 is 0 Å². The minimum absolute atomic E-state index is 0.00656. The van der Waals surface area contributed by atoms with Gasteiger partial charge in [0.25, 0.3) is 10.2 Å². The lowest BCUT2D eigenvalue weighted by molar-refractivity contribution is 0.0329. The van der Waals surface area contributed by atoms with E-state index in [1.807, 2.05) is 18.3 Å². The molecule has 1 saturated heterocycles. The smallest absolute Gasteiger partial charge is 0.281 e. The molecule has 25 heavy (non-hydrogen) atoms. The second-order valence-corrected chi connectivity index (χ2v) is 9.03. The van der Waals surface area contributed by atoms with E-state index in [0.29, 0.717) is 13.0 Å². The Morgan fingerprint density at radius 2 is 2.04 bits per heavy atom. The van der Waals surface area contributed by atoms with Gasteiger partial charge in [-0.1, -0.05) is 24.3 Å². The molecule has 1 N–H and O–H groups in total. The third-order valence-corrected chi connectivity index (χ3v) is 7.22. The van der Waals surface area contributed by atoms with E-state index in [0.717, 1.165) is 11.3 Å². The first-order valence-corrected chi connectivity index (χ1v) is 9.77. The minimum Gasteiger partial charge on any atom is -0.391 e. The minimum atomic E-state index is -3.50. The van der Waals surface area contributed by atoms with E-state index >= 15 is 0 Å². The van der Waals surface area contributed by atoms with E-state index in [2.05, 4.69) is 21.7 Å². The van der Waals surface area contributed by atoms with Crippen LogP contribution in [0.3, 0.4) is 0 Å². The molecule has 0 bridgehead atoms. The first kappa shape index (κ1) is 16.7. The Hall–Kier alpha value is -1.74. The van der Waals surface area contributed by atoms with Crippen LogP contribution < -0.4 is 0 Å². The highest BCUT2D eigenvalue weighted by atomic mass is 32.2. The fraction of sp³-hybridized carbons (Fsp3) is 0.471. The van der Waals surface area contributed by atoms with Crippen molar-refractivity contribution in [2.24, 2.45) is 5.92 Å². The third kappa shape index (κ3) is 2.52. The van der Waals surface area contributed by atoms with Crippen molar-refractivity contribution in [3.8, 4) is 11.3 Å². The van der Waals surface area contributed by atoms with Gasteiger partial charge in [0.05, 0.1) is 30.4 Å². The van der Waals surface area contributed by atoms with Gasteiger partial charge in [0.2, 0.25) is 0 Å². The summed E-state index contributed by atoms with van der Waals surface area (Å²) in [5.74, 6) is -0.0507. The Bertz CT molecular complexity index is 893. The fourth-order valence-corrected chi connectivity index (χ4v) is 5.18. The Morgan fingerprint density at radius 3 is 2.76 bits per heavy atom. The van der Waals surface area contributed by atoms with Crippen molar-refractivity contribution >= 4 is 10.2 Å². The molecule has 1 aromatic heterocycles. The van der Waals surface area contributed by atoms with Crippen LogP contribution in [0.25, 0.3) is 11.3 Å². The monoisotopic (exact) mass is 362 g/mol. The van der Waals surface area contributed by atoms with Crippen LogP contribution in [0.4, 0.5) is 0 Å². The van der Waals surface area contributed by atoms with E-state index in [9.17, 15) is 13.5 Å². The molecule has 1 fully saturated rings. The summed E-state index contributed by atoms with van der Waals surface area (Å²) in [5.41, 5.74) is 3.37. The van der Waals surface area contributed by atoms with E-state index in [-0.39, 0.29) is 18.5 Å². The van der Waals surface area contributed by atoms with Gasteiger partial charge in [-0.2, -0.15) is 17.0 Å². The summed E-state index contributed by atoms with van der Waals surface area (Å²) in [5, 5.41) is 10.8. The number of hydrogen-bond donors (Lipinski definition) is 1. The molecule has 0 saturated carbocycles. The number of imidazole rings is 1. The molecule has 0 spiro atoms. The van der Waals surface area contributed by atoms with Crippen molar-refractivity contribution in [3.63, 3.8) is 0 Å². The molecule has 0 amide bonds. The molecule has 1 aromatic carbocycles. The van der Waals surface area contributed by atoms with Gasteiger partial charge in [-0.25, -0.2) is 4.98 Å². The highest BCUT2D eigenvalue weighted by molar-refractivity contribution is 7.86. The lowest BCUT2D eigenvalue weighted by Gasteiger charge is -2.39. The number of aromatic nitrogens is 2. The number of β-amino-alcohol motifs (C(OH)–C–C–N with tert-alkyl or cyclic N) is 1. The zero-order valence-corrected chi connectivity index (χ0v) is 15.1. The molecule has 4 rings (SSSR count). The normalized spacial score (nSPS) is 26.6. The zero-order chi connectivity index (χ0) is 17.8. The first-order chi connectivity index (χ1) is 11.9. The third-order valence-electron chi connectivity index (χ3n) is 5.31. The van der Waals surface area contributed by atoms with E-state index < -0.39 is 16.3 Å². The van der Waals surface area contributed by atoms with Crippen LogP contribution in [0, 0.1) is 5.92 Å². The van der Waals surface area contributed by atoms with Crippen LogP contribution in [-0.4, -0.2) is 65.0 Å². The summed E-state index contributed by atoms with van der Waals surface area (Å²) < 4.78 is 29.3. The van der Waals surface area contributed by atoms with Crippen molar-refractivity contribution < 1.29 is 13.5 Å². The number of aliphatic hydroxyl groups excluding tert-OH is 1. The predicted octanol–water partition coefficient (Wildman–Crippen LogP) is 0.942. The largest absolute Gasteiger partial charge is 0.391 e. The van der Waals surface area contributed by atoms with Crippen LogP contribution in [0.2, 0.25) is 0 Å². The molecule has 2 aliphatic heterocycles. The molecular formula is C17H22N4O3S. The molecule has 7 nitrogen and oxygen atoms in total. The highest BCUT2D eigenvalue weighted by Gasteiger charge is 2.42. The molecule has 3 atom stereocenters. The summed E-state index contributed by atoms with van der Waals surface area (Å²) >= 11 is 0. The summed E-state index contributed by atoms with van der Waals surface area (Å²) in [7, 11) is -0.477. The average Bonchev–Trinajstić information content (AvgIpc) is 3.16. The molecule has 0 aliphatic carbocycles. The number of benzene rings is 1. The molecule has 3 heterocycles. The zero-order valence-electron chi connectivity index (χ0n) is 14.3. The standard InChI is InChI=1S/C17H22N4O3S/c1-19(2)25(23,24)20-8-7-14(16(22)10-20)17-13-6-4-3-5-12(13)15-9-18-11-21(15)17/h3-6,9,11,14,16-17,22H,7-8,10H2,1-2H3/t14-,16-,17?/m0/s1.